The molecule has 150 valence electrons. The van der Waals surface area contributed by atoms with E-state index in [-0.39, 0.29) is 11.9 Å². The quantitative estimate of drug-likeness (QED) is 0.465. The fourth-order valence-electron chi connectivity index (χ4n) is 3.79. The van der Waals surface area contributed by atoms with Gasteiger partial charge in [0, 0.05) is 44.6 Å². The van der Waals surface area contributed by atoms with Crippen molar-refractivity contribution in [2.75, 3.05) is 60.1 Å². The maximum absolute atomic E-state index is 11.7. The molecule has 2 saturated heterocycles. The molecule has 27 heavy (non-hydrogen) atoms. The van der Waals surface area contributed by atoms with Gasteiger partial charge < -0.3 is 19.7 Å². The van der Waals surface area contributed by atoms with Gasteiger partial charge in [0.15, 0.2) is 5.96 Å². The topological polar surface area (TPSA) is 66.4 Å². The number of esters is 1. The van der Waals surface area contributed by atoms with Crippen LogP contribution in [0.5, 0.6) is 0 Å². The van der Waals surface area contributed by atoms with Crippen molar-refractivity contribution in [3.8, 4) is 0 Å². The molecule has 0 saturated carbocycles. The summed E-state index contributed by atoms with van der Waals surface area (Å²) in [5, 5.41) is 5.70. The van der Waals surface area contributed by atoms with Crippen molar-refractivity contribution >= 4 is 23.3 Å². The summed E-state index contributed by atoms with van der Waals surface area (Å²) in [5.41, 5.74) is 0. The highest BCUT2D eigenvalue weighted by atomic mass is 32.1. The third kappa shape index (κ3) is 5.21. The van der Waals surface area contributed by atoms with Crippen LogP contribution >= 0.6 is 11.3 Å². The second-order valence-corrected chi connectivity index (χ2v) is 7.87. The molecule has 3 heterocycles. The molecular weight excluding hydrogens is 364 g/mol. The summed E-state index contributed by atoms with van der Waals surface area (Å²) in [6, 6.07) is 4.63. The maximum atomic E-state index is 11.7. The van der Waals surface area contributed by atoms with Gasteiger partial charge in [0.05, 0.1) is 32.3 Å². The molecule has 7 nitrogen and oxygen atoms in total. The molecule has 0 aliphatic carbocycles. The Morgan fingerprint density at radius 2 is 2.11 bits per heavy atom. The highest BCUT2D eigenvalue weighted by Gasteiger charge is 2.28. The maximum Gasteiger partial charge on any atom is 0.308 e. The van der Waals surface area contributed by atoms with Gasteiger partial charge in [0.1, 0.15) is 0 Å². The Labute approximate surface area is 165 Å². The van der Waals surface area contributed by atoms with Crippen LogP contribution in [0.4, 0.5) is 0 Å². The van der Waals surface area contributed by atoms with Crippen LogP contribution in [0.3, 0.4) is 0 Å². The number of likely N-dealkylation sites (tertiary alicyclic amines) is 1. The first kappa shape index (κ1) is 20.1. The van der Waals surface area contributed by atoms with E-state index in [9.17, 15) is 4.79 Å². The van der Waals surface area contributed by atoms with E-state index >= 15 is 0 Å². The van der Waals surface area contributed by atoms with Crippen LogP contribution in [0.2, 0.25) is 0 Å². The smallest absolute Gasteiger partial charge is 0.308 e. The molecule has 2 aliphatic heterocycles. The molecular formula is C19H30N4O3S. The molecule has 1 N–H and O–H groups in total. The monoisotopic (exact) mass is 394 g/mol. The number of piperidine rings is 1. The van der Waals surface area contributed by atoms with E-state index in [1.165, 1.54) is 12.0 Å². The van der Waals surface area contributed by atoms with Crippen molar-refractivity contribution in [2.45, 2.75) is 18.9 Å². The third-order valence-electron chi connectivity index (χ3n) is 5.35. The van der Waals surface area contributed by atoms with E-state index in [2.05, 4.69) is 37.6 Å². The molecule has 0 spiro atoms. The Morgan fingerprint density at radius 1 is 1.37 bits per heavy atom. The number of thiophene rings is 1. The molecule has 1 unspecified atom stereocenters. The fourth-order valence-corrected chi connectivity index (χ4v) is 4.65. The Bertz CT molecular complexity index is 608. The van der Waals surface area contributed by atoms with Crippen molar-refractivity contribution in [3.63, 3.8) is 0 Å². The van der Waals surface area contributed by atoms with Crippen LogP contribution < -0.4 is 5.32 Å². The summed E-state index contributed by atoms with van der Waals surface area (Å²) in [5.74, 6) is 0.826. The van der Waals surface area contributed by atoms with E-state index in [0.29, 0.717) is 6.04 Å². The van der Waals surface area contributed by atoms with Gasteiger partial charge >= 0.3 is 5.97 Å². The van der Waals surface area contributed by atoms with E-state index in [0.717, 1.165) is 64.7 Å². The minimum atomic E-state index is -0.0947. The summed E-state index contributed by atoms with van der Waals surface area (Å²) >= 11 is 1.80. The van der Waals surface area contributed by atoms with Crippen LogP contribution in [0.1, 0.15) is 23.8 Å². The number of carbonyl (C=O) groups excluding carboxylic acids is 1. The lowest BCUT2D eigenvalue weighted by Crippen LogP contribution is -2.49. The van der Waals surface area contributed by atoms with E-state index in [1.54, 1.807) is 11.3 Å². The average Bonchev–Trinajstić information content (AvgIpc) is 3.26. The number of hydrogen-bond acceptors (Lipinski definition) is 6. The number of nitrogens with one attached hydrogen (secondary N) is 1. The molecule has 0 aromatic carbocycles. The van der Waals surface area contributed by atoms with Gasteiger partial charge in [0.2, 0.25) is 0 Å². The number of rotatable bonds is 5. The minimum Gasteiger partial charge on any atom is -0.469 e. The van der Waals surface area contributed by atoms with Gasteiger partial charge in [-0.25, -0.2) is 0 Å². The molecule has 1 aromatic heterocycles. The van der Waals surface area contributed by atoms with Crippen molar-refractivity contribution in [3.05, 3.63) is 22.4 Å². The van der Waals surface area contributed by atoms with Crippen LogP contribution in [0.25, 0.3) is 0 Å². The molecule has 1 aromatic rings. The Morgan fingerprint density at radius 3 is 2.70 bits per heavy atom. The predicted octanol–water partition coefficient (Wildman–Crippen LogP) is 1.58. The molecule has 1 atom stereocenters. The molecule has 0 radical (unpaired) electrons. The van der Waals surface area contributed by atoms with Crippen molar-refractivity contribution in [1.82, 2.24) is 15.1 Å². The Kier molecular flexibility index (Phi) is 7.49. The second kappa shape index (κ2) is 10.1. The highest BCUT2D eigenvalue weighted by molar-refractivity contribution is 7.10. The number of carbonyl (C=O) groups is 1. The molecule has 8 heteroatoms. The van der Waals surface area contributed by atoms with Gasteiger partial charge in [-0.2, -0.15) is 0 Å². The first-order valence-corrected chi connectivity index (χ1v) is 10.5. The predicted molar refractivity (Wildman–Crippen MR) is 107 cm³/mol. The van der Waals surface area contributed by atoms with E-state index < -0.39 is 0 Å². The second-order valence-electron chi connectivity index (χ2n) is 6.89. The molecule has 2 aliphatic rings. The summed E-state index contributed by atoms with van der Waals surface area (Å²) in [6.45, 7) is 5.93. The summed E-state index contributed by atoms with van der Waals surface area (Å²) < 4.78 is 10.4. The van der Waals surface area contributed by atoms with Gasteiger partial charge in [-0.15, -0.1) is 11.3 Å². The Balaban J connectivity index is 1.58. The zero-order valence-electron chi connectivity index (χ0n) is 16.2. The average molecular weight is 395 g/mol. The van der Waals surface area contributed by atoms with Gasteiger partial charge in [-0.3, -0.25) is 14.7 Å². The van der Waals surface area contributed by atoms with Crippen LogP contribution in [-0.2, 0) is 14.3 Å². The first-order valence-electron chi connectivity index (χ1n) is 9.61. The highest BCUT2D eigenvalue weighted by Crippen LogP contribution is 2.25. The zero-order chi connectivity index (χ0) is 19.1. The lowest BCUT2D eigenvalue weighted by molar-refractivity contribution is -0.146. The number of ether oxygens (including phenoxy) is 2. The normalized spacial score (nSPS) is 21.1. The van der Waals surface area contributed by atoms with Crippen molar-refractivity contribution < 1.29 is 14.3 Å². The largest absolute Gasteiger partial charge is 0.469 e. The SMILES string of the molecule is CN=C(NCC(c1cccs1)N1CCOCC1)N1CCC(C(=O)OC)CC1. The molecule has 2 fully saturated rings. The van der Waals surface area contributed by atoms with Crippen LogP contribution in [-0.4, -0.2) is 81.8 Å². The van der Waals surface area contributed by atoms with Crippen LogP contribution in [0, 0.1) is 5.92 Å². The van der Waals surface area contributed by atoms with Gasteiger partial charge in [-0.1, -0.05) is 6.07 Å². The molecule has 0 bridgehead atoms. The summed E-state index contributed by atoms with van der Waals surface area (Å²) in [7, 11) is 3.29. The molecule has 3 rings (SSSR count). The van der Waals surface area contributed by atoms with E-state index in [1.807, 2.05) is 7.05 Å². The number of hydrogen-bond donors (Lipinski definition) is 1. The lowest BCUT2D eigenvalue weighted by atomic mass is 9.97. The number of methoxy groups -OCH3 is 1. The Hall–Kier alpha value is -1.64. The van der Waals surface area contributed by atoms with Gasteiger partial charge in [0.25, 0.3) is 0 Å². The number of aliphatic imine (C=N–C) groups is 1. The zero-order valence-corrected chi connectivity index (χ0v) is 17.0. The number of guanidine groups is 1. The van der Waals surface area contributed by atoms with Gasteiger partial charge in [-0.05, 0) is 24.3 Å². The lowest BCUT2D eigenvalue weighted by Gasteiger charge is -2.36. The van der Waals surface area contributed by atoms with Crippen LogP contribution in [0.15, 0.2) is 22.5 Å². The number of morpholine rings is 1. The first-order chi connectivity index (χ1) is 13.2. The number of nitrogens with zero attached hydrogens (tertiary/aromatic N) is 3. The van der Waals surface area contributed by atoms with Crippen molar-refractivity contribution in [1.29, 1.82) is 0 Å². The molecule has 0 amide bonds. The minimum absolute atomic E-state index is 0.0107. The third-order valence-corrected chi connectivity index (χ3v) is 6.33. The van der Waals surface area contributed by atoms with E-state index in [4.69, 9.17) is 9.47 Å². The summed E-state index contributed by atoms with van der Waals surface area (Å²) in [4.78, 5) is 22.3. The fraction of sp³-hybridized carbons (Fsp3) is 0.684. The summed E-state index contributed by atoms with van der Waals surface area (Å²) in [6.07, 6.45) is 1.62. The van der Waals surface area contributed by atoms with Crippen molar-refractivity contribution in [2.24, 2.45) is 10.9 Å². The standard InChI is InChI=1S/C19H30N4O3S/c1-20-19(23-7-5-15(6-8-23)18(24)25-2)21-14-16(17-4-3-13-27-17)22-9-11-26-12-10-22/h3-4,13,15-16H,5-12,14H2,1-2H3,(H,20,21).